The second-order valence-corrected chi connectivity index (χ2v) is 5.77. The molecule has 0 saturated carbocycles. The SMILES string of the molecule is CC1CCN(C(=O)Nc2cncnc2N(C)C)CC1C. The number of urea groups is 1. The summed E-state index contributed by atoms with van der Waals surface area (Å²) in [4.78, 5) is 24.2. The molecule has 1 aliphatic heterocycles. The maximum atomic E-state index is 12.3. The topological polar surface area (TPSA) is 61.4 Å². The predicted molar refractivity (Wildman–Crippen MR) is 79.9 cm³/mol. The maximum absolute atomic E-state index is 12.3. The molecule has 0 aromatic carbocycles. The zero-order chi connectivity index (χ0) is 14.7. The molecule has 6 heteroatoms. The highest BCUT2D eigenvalue weighted by atomic mass is 16.2. The Morgan fingerprint density at radius 2 is 2.15 bits per heavy atom. The second-order valence-electron chi connectivity index (χ2n) is 5.77. The van der Waals surface area contributed by atoms with Crippen LogP contribution in [-0.2, 0) is 0 Å². The third kappa shape index (κ3) is 3.18. The number of hydrogen-bond acceptors (Lipinski definition) is 4. The Balaban J connectivity index is 2.05. The second kappa shape index (κ2) is 6.07. The molecule has 1 aromatic rings. The van der Waals surface area contributed by atoms with Crippen molar-refractivity contribution in [3.63, 3.8) is 0 Å². The van der Waals surface area contributed by atoms with Gasteiger partial charge in [-0.15, -0.1) is 0 Å². The summed E-state index contributed by atoms with van der Waals surface area (Å²) in [5, 5.41) is 2.92. The van der Waals surface area contributed by atoms with Crippen molar-refractivity contribution in [1.29, 1.82) is 0 Å². The summed E-state index contributed by atoms with van der Waals surface area (Å²) in [5.74, 6) is 1.93. The van der Waals surface area contributed by atoms with E-state index in [0.717, 1.165) is 19.5 Å². The lowest BCUT2D eigenvalue weighted by Crippen LogP contribution is -2.44. The highest BCUT2D eigenvalue weighted by molar-refractivity contribution is 5.92. The fourth-order valence-electron chi connectivity index (χ4n) is 2.41. The van der Waals surface area contributed by atoms with E-state index in [-0.39, 0.29) is 6.03 Å². The van der Waals surface area contributed by atoms with Crippen molar-refractivity contribution in [2.75, 3.05) is 37.4 Å². The zero-order valence-electron chi connectivity index (χ0n) is 12.6. The van der Waals surface area contributed by atoms with Crippen LogP contribution in [0.2, 0.25) is 0 Å². The number of hydrogen-bond donors (Lipinski definition) is 1. The van der Waals surface area contributed by atoms with Crippen LogP contribution in [0.25, 0.3) is 0 Å². The number of anilines is 2. The van der Waals surface area contributed by atoms with Gasteiger partial charge in [-0.05, 0) is 18.3 Å². The number of piperidine rings is 1. The number of rotatable bonds is 2. The lowest BCUT2D eigenvalue weighted by Gasteiger charge is -2.35. The van der Waals surface area contributed by atoms with Crippen molar-refractivity contribution in [3.8, 4) is 0 Å². The summed E-state index contributed by atoms with van der Waals surface area (Å²) in [6.07, 6.45) is 4.17. The number of carbonyl (C=O) groups excluding carboxylic acids is 1. The van der Waals surface area contributed by atoms with Crippen molar-refractivity contribution >= 4 is 17.5 Å². The first-order chi connectivity index (χ1) is 9.49. The Kier molecular flexibility index (Phi) is 4.42. The van der Waals surface area contributed by atoms with Gasteiger partial charge in [0.2, 0.25) is 0 Å². The molecular formula is C14H23N5O. The third-order valence-corrected chi connectivity index (χ3v) is 3.98. The lowest BCUT2D eigenvalue weighted by atomic mass is 9.89. The highest BCUT2D eigenvalue weighted by Crippen LogP contribution is 2.24. The van der Waals surface area contributed by atoms with Crippen LogP contribution in [0.4, 0.5) is 16.3 Å². The number of amides is 2. The van der Waals surface area contributed by atoms with Gasteiger partial charge in [0.25, 0.3) is 0 Å². The quantitative estimate of drug-likeness (QED) is 0.898. The van der Waals surface area contributed by atoms with Gasteiger partial charge in [-0.2, -0.15) is 0 Å². The van der Waals surface area contributed by atoms with Crippen LogP contribution in [0.3, 0.4) is 0 Å². The van der Waals surface area contributed by atoms with Gasteiger partial charge < -0.3 is 15.1 Å². The molecule has 110 valence electrons. The molecule has 0 bridgehead atoms. The minimum absolute atomic E-state index is 0.0679. The van der Waals surface area contributed by atoms with Gasteiger partial charge in [0.1, 0.15) is 12.0 Å². The third-order valence-electron chi connectivity index (χ3n) is 3.98. The molecule has 20 heavy (non-hydrogen) atoms. The first-order valence-corrected chi connectivity index (χ1v) is 7.02. The standard InChI is InChI=1S/C14H23N5O/c1-10-5-6-19(8-11(10)2)14(20)17-12-7-15-9-16-13(12)18(3)4/h7,9-11H,5-6,8H2,1-4H3,(H,17,20). The minimum atomic E-state index is -0.0679. The lowest BCUT2D eigenvalue weighted by molar-refractivity contribution is 0.154. The fourth-order valence-corrected chi connectivity index (χ4v) is 2.41. The number of nitrogens with zero attached hydrogens (tertiary/aromatic N) is 4. The van der Waals surface area contributed by atoms with E-state index >= 15 is 0 Å². The van der Waals surface area contributed by atoms with Crippen molar-refractivity contribution in [3.05, 3.63) is 12.5 Å². The maximum Gasteiger partial charge on any atom is 0.321 e. The molecule has 1 N–H and O–H groups in total. The predicted octanol–water partition coefficient (Wildman–Crippen LogP) is 2.05. The van der Waals surface area contributed by atoms with E-state index < -0.39 is 0 Å². The van der Waals surface area contributed by atoms with Crippen molar-refractivity contribution in [1.82, 2.24) is 14.9 Å². The molecule has 2 atom stereocenters. The first kappa shape index (κ1) is 14.6. The van der Waals surface area contributed by atoms with Crippen LogP contribution in [0.15, 0.2) is 12.5 Å². The van der Waals surface area contributed by atoms with Crippen LogP contribution in [-0.4, -0.2) is 48.1 Å². The molecule has 6 nitrogen and oxygen atoms in total. The van der Waals surface area contributed by atoms with Gasteiger partial charge in [0.15, 0.2) is 5.82 Å². The molecule has 1 aromatic heterocycles. The molecule has 0 spiro atoms. The van der Waals surface area contributed by atoms with Gasteiger partial charge in [-0.25, -0.2) is 14.8 Å². The van der Waals surface area contributed by atoms with Crippen LogP contribution in [0.1, 0.15) is 20.3 Å². The largest absolute Gasteiger partial charge is 0.361 e. The molecule has 0 radical (unpaired) electrons. The zero-order valence-corrected chi connectivity index (χ0v) is 12.6. The van der Waals surface area contributed by atoms with E-state index in [1.54, 1.807) is 6.20 Å². The molecule has 2 amide bonds. The van der Waals surface area contributed by atoms with E-state index in [1.807, 2.05) is 23.9 Å². The summed E-state index contributed by atoms with van der Waals surface area (Å²) >= 11 is 0. The fraction of sp³-hybridized carbons (Fsp3) is 0.643. The van der Waals surface area contributed by atoms with E-state index in [4.69, 9.17) is 0 Å². The molecule has 1 fully saturated rings. The highest BCUT2D eigenvalue weighted by Gasteiger charge is 2.26. The van der Waals surface area contributed by atoms with Crippen LogP contribution in [0, 0.1) is 11.8 Å². The molecular weight excluding hydrogens is 254 g/mol. The smallest absolute Gasteiger partial charge is 0.321 e. The Morgan fingerprint density at radius 1 is 1.40 bits per heavy atom. The number of nitrogens with one attached hydrogen (secondary N) is 1. The summed E-state index contributed by atoms with van der Waals surface area (Å²) in [5.41, 5.74) is 0.647. The Hall–Kier alpha value is -1.85. The molecule has 2 unspecified atom stereocenters. The average molecular weight is 277 g/mol. The van der Waals surface area contributed by atoms with Crippen molar-refractivity contribution in [2.45, 2.75) is 20.3 Å². The molecule has 0 aliphatic carbocycles. The summed E-state index contributed by atoms with van der Waals surface area (Å²) < 4.78 is 0. The minimum Gasteiger partial charge on any atom is -0.361 e. The molecule has 1 aliphatic rings. The van der Waals surface area contributed by atoms with E-state index in [9.17, 15) is 4.79 Å². The summed E-state index contributed by atoms with van der Waals surface area (Å²) in [6, 6.07) is -0.0679. The van der Waals surface area contributed by atoms with Gasteiger partial charge in [0, 0.05) is 27.2 Å². The summed E-state index contributed by atoms with van der Waals surface area (Å²) in [6.45, 7) is 6.05. The van der Waals surface area contributed by atoms with Crippen LogP contribution in [0.5, 0.6) is 0 Å². The Labute approximate surface area is 120 Å². The molecule has 2 rings (SSSR count). The number of aromatic nitrogens is 2. The van der Waals surface area contributed by atoms with Crippen molar-refractivity contribution < 1.29 is 4.79 Å². The normalized spacial score (nSPS) is 22.5. The van der Waals surface area contributed by atoms with Crippen LogP contribution >= 0.6 is 0 Å². The van der Waals surface area contributed by atoms with E-state index in [0.29, 0.717) is 23.3 Å². The number of likely N-dealkylation sites (tertiary alicyclic amines) is 1. The average Bonchev–Trinajstić information content (AvgIpc) is 2.42. The monoisotopic (exact) mass is 277 g/mol. The van der Waals surface area contributed by atoms with E-state index in [2.05, 4.69) is 29.1 Å². The van der Waals surface area contributed by atoms with Gasteiger partial charge in [-0.3, -0.25) is 0 Å². The van der Waals surface area contributed by atoms with Gasteiger partial charge in [-0.1, -0.05) is 13.8 Å². The van der Waals surface area contributed by atoms with Crippen LogP contribution < -0.4 is 10.2 Å². The first-order valence-electron chi connectivity index (χ1n) is 7.02. The number of carbonyl (C=O) groups is 1. The molecule has 2 heterocycles. The molecule has 1 saturated heterocycles. The van der Waals surface area contributed by atoms with Crippen molar-refractivity contribution in [2.24, 2.45) is 11.8 Å². The van der Waals surface area contributed by atoms with E-state index in [1.165, 1.54) is 6.33 Å². The van der Waals surface area contributed by atoms with Gasteiger partial charge in [0.05, 0.1) is 6.20 Å². The Bertz CT molecular complexity index is 476. The Morgan fingerprint density at radius 3 is 2.80 bits per heavy atom. The summed E-state index contributed by atoms with van der Waals surface area (Å²) in [7, 11) is 3.78. The van der Waals surface area contributed by atoms with Gasteiger partial charge >= 0.3 is 6.03 Å².